The van der Waals surface area contributed by atoms with Crippen molar-refractivity contribution < 1.29 is 18.3 Å². The summed E-state index contributed by atoms with van der Waals surface area (Å²) in [4.78, 5) is 22.2. The lowest BCUT2D eigenvalue weighted by molar-refractivity contribution is -0.128. The smallest absolute Gasteiger partial charge is 0.264 e. The highest BCUT2D eigenvalue weighted by Crippen LogP contribution is 2.40. The molecule has 4 heterocycles. The number of aromatic nitrogens is 1. The Kier molecular flexibility index (Phi) is 8.35. The number of amidine groups is 1. The maximum Gasteiger partial charge on any atom is 0.264 e. The number of aryl methyl sites for hydroxylation is 1. The molecule has 40 heavy (non-hydrogen) atoms. The number of fused-ring (bicyclic) bond motifs is 1. The van der Waals surface area contributed by atoms with E-state index in [2.05, 4.69) is 10.3 Å². The fraction of sp³-hybridized carbons (Fsp3) is 0.500. The molecule has 1 saturated heterocycles. The van der Waals surface area contributed by atoms with Gasteiger partial charge in [0.25, 0.3) is 6.43 Å². The summed E-state index contributed by atoms with van der Waals surface area (Å²) in [5.41, 5.74) is 4.36. The Balaban J connectivity index is 1.51. The monoisotopic (exact) mass is 552 g/mol. The quantitative estimate of drug-likeness (QED) is 0.397. The molecule has 3 aliphatic rings. The molecule has 0 bridgehead atoms. The third-order valence-electron chi connectivity index (χ3n) is 8.07. The van der Waals surface area contributed by atoms with Crippen molar-refractivity contribution in [2.75, 3.05) is 56.7 Å². The highest BCUT2D eigenvalue weighted by molar-refractivity contribution is 6.09. The summed E-state index contributed by atoms with van der Waals surface area (Å²) in [7, 11) is 3.77. The van der Waals surface area contributed by atoms with Gasteiger partial charge in [0.2, 0.25) is 5.91 Å². The number of hydrogen-bond donors (Lipinski definition) is 2. The van der Waals surface area contributed by atoms with Gasteiger partial charge >= 0.3 is 0 Å². The van der Waals surface area contributed by atoms with Gasteiger partial charge in [-0.05, 0) is 61.1 Å². The van der Waals surface area contributed by atoms with Crippen LogP contribution in [0.4, 0.5) is 20.3 Å². The molecule has 1 amide bonds. The predicted octanol–water partition coefficient (Wildman–Crippen LogP) is 4.76. The van der Waals surface area contributed by atoms with Crippen LogP contribution in [0.15, 0.2) is 41.7 Å². The van der Waals surface area contributed by atoms with Crippen molar-refractivity contribution in [1.82, 2.24) is 15.2 Å². The first-order valence-corrected chi connectivity index (χ1v) is 14.0. The van der Waals surface area contributed by atoms with Crippen LogP contribution in [-0.4, -0.2) is 74.6 Å². The maximum absolute atomic E-state index is 14.5. The first-order valence-electron chi connectivity index (χ1n) is 14.0. The van der Waals surface area contributed by atoms with Gasteiger partial charge in [-0.3, -0.25) is 10.2 Å². The molecule has 0 unspecified atom stereocenters. The number of nitrogens with one attached hydrogen (secondary N) is 2. The van der Waals surface area contributed by atoms with E-state index in [-0.39, 0.29) is 23.3 Å². The number of ether oxygens (including phenoxy) is 1. The van der Waals surface area contributed by atoms with E-state index in [4.69, 9.17) is 4.74 Å². The van der Waals surface area contributed by atoms with Crippen LogP contribution in [0.25, 0.3) is 11.1 Å². The largest absolute Gasteiger partial charge is 0.385 e. The lowest BCUT2D eigenvalue weighted by Crippen LogP contribution is -2.46. The minimum Gasteiger partial charge on any atom is -0.385 e. The number of anilines is 2. The summed E-state index contributed by atoms with van der Waals surface area (Å²) < 4.78 is 34.4. The van der Waals surface area contributed by atoms with Crippen molar-refractivity contribution in [2.45, 2.75) is 51.5 Å². The van der Waals surface area contributed by atoms with Crippen molar-refractivity contribution in [1.29, 1.82) is 5.41 Å². The molecule has 1 aromatic carbocycles. The molecular formula is C30H38F2N6O2. The Morgan fingerprint density at radius 2 is 1.95 bits per heavy atom. The van der Waals surface area contributed by atoms with Gasteiger partial charge in [0, 0.05) is 94.1 Å². The van der Waals surface area contributed by atoms with Crippen molar-refractivity contribution in [3.8, 4) is 11.1 Å². The molecule has 10 heteroatoms. The summed E-state index contributed by atoms with van der Waals surface area (Å²) in [6.07, 6.45) is 2.91. The van der Waals surface area contributed by atoms with E-state index in [0.717, 1.165) is 48.3 Å². The third kappa shape index (κ3) is 5.82. The lowest BCUT2D eigenvalue weighted by atomic mass is 9.91. The molecule has 0 saturated carbocycles. The lowest BCUT2D eigenvalue weighted by Gasteiger charge is -2.38. The normalized spacial score (nSPS) is 18.1. The van der Waals surface area contributed by atoms with E-state index in [9.17, 15) is 19.0 Å². The Morgan fingerprint density at radius 3 is 2.60 bits per heavy atom. The van der Waals surface area contributed by atoms with Gasteiger partial charge in [-0.15, -0.1) is 0 Å². The molecule has 3 aliphatic heterocycles. The van der Waals surface area contributed by atoms with E-state index in [1.807, 2.05) is 42.1 Å². The standard InChI is InChI=1S/C30H38F2N6O2/c1-19(39)37-12-8-26(35-22-9-13-40-14-10-22)25(18-37)30(33)38-11-4-5-20-15-23(24(29(31)32)16-27(20)38)21-6-7-28(34-17-21)36(2)3/h6-7,15-17,22,29,33,35H,4-5,8-14,18H2,1-3H3. The van der Waals surface area contributed by atoms with Crippen LogP contribution in [0.5, 0.6) is 0 Å². The first-order chi connectivity index (χ1) is 19.2. The number of nitrogens with zero attached hydrogens (tertiary/aromatic N) is 4. The fourth-order valence-electron chi connectivity index (χ4n) is 5.78. The second-order valence-corrected chi connectivity index (χ2v) is 11.0. The molecule has 214 valence electrons. The van der Waals surface area contributed by atoms with Crippen LogP contribution in [0.3, 0.4) is 0 Å². The van der Waals surface area contributed by atoms with Crippen LogP contribution in [0.2, 0.25) is 0 Å². The highest BCUT2D eigenvalue weighted by Gasteiger charge is 2.31. The summed E-state index contributed by atoms with van der Waals surface area (Å²) in [5, 5.41) is 13.0. The topological polar surface area (TPSA) is 84.8 Å². The summed E-state index contributed by atoms with van der Waals surface area (Å²) in [6, 6.07) is 7.32. The molecule has 8 nitrogen and oxygen atoms in total. The summed E-state index contributed by atoms with van der Waals surface area (Å²) >= 11 is 0. The maximum atomic E-state index is 14.5. The number of pyridine rings is 1. The number of rotatable bonds is 6. The summed E-state index contributed by atoms with van der Waals surface area (Å²) in [5.74, 6) is 0.991. The number of alkyl halides is 2. The Bertz CT molecular complexity index is 1290. The molecule has 1 fully saturated rings. The molecule has 0 radical (unpaired) electrons. The van der Waals surface area contributed by atoms with Crippen LogP contribution >= 0.6 is 0 Å². The van der Waals surface area contributed by atoms with Gasteiger partial charge in [-0.25, -0.2) is 13.8 Å². The Hall–Kier alpha value is -3.53. The van der Waals surface area contributed by atoms with Gasteiger partial charge in [-0.2, -0.15) is 0 Å². The number of carbonyl (C=O) groups is 1. The second-order valence-electron chi connectivity index (χ2n) is 11.0. The van der Waals surface area contributed by atoms with Crippen LogP contribution < -0.4 is 15.1 Å². The number of benzene rings is 1. The predicted molar refractivity (Wildman–Crippen MR) is 153 cm³/mol. The molecule has 0 aliphatic carbocycles. The molecule has 0 atom stereocenters. The highest BCUT2D eigenvalue weighted by atomic mass is 19.3. The van der Waals surface area contributed by atoms with Gasteiger partial charge in [-0.1, -0.05) is 0 Å². The average Bonchev–Trinajstić information content (AvgIpc) is 2.96. The van der Waals surface area contributed by atoms with Crippen LogP contribution in [-0.2, 0) is 16.0 Å². The third-order valence-corrected chi connectivity index (χ3v) is 8.07. The minimum absolute atomic E-state index is 0.0343. The molecule has 0 spiro atoms. The van der Waals surface area contributed by atoms with Crippen molar-refractivity contribution >= 4 is 23.2 Å². The average molecular weight is 553 g/mol. The fourth-order valence-corrected chi connectivity index (χ4v) is 5.78. The van der Waals surface area contributed by atoms with E-state index in [1.54, 1.807) is 24.1 Å². The zero-order chi connectivity index (χ0) is 28.4. The van der Waals surface area contributed by atoms with E-state index in [1.165, 1.54) is 0 Å². The van der Waals surface area contributed by atoms with Gasteiger partial charge in [0.1, 0.15) is 11.7 Å². The Morgan fingerprint density at radius 1 is 1.18 bits per heavy atom. The number of amides is 1. The zero-order valence-electron chi connectivity index (χ0n) is 23.5. The van der Waals surface area contributed by atoms with Crippen molar-refractivity contribution in [3.05, 3.63) is 52.9 Å². The van der Waals surface area contributed by atoms with Gasteiger partial charge < -0.3 is 24.8 Å². The van der Waals surface area contributed by atoms with Gasteiger partial charge in [0.15, 0.2) is 0 Å². The van der Waals surface area contributed by atoms with E-state index >= 15 is 0 Å². The van der Waals surface area contributed by atoms with Crippen molar-refractivity contribution in [2.24, 2.45) is 0 Å². The Labute approximate surface area is 234 Å². The van der Waals surface area contributed by atoms with E-state index < -0.39 is 6.43 Å². The van der Waals surface area contributed by atoms with Crippen molar-refractivity contribution in [3.63, 3.8) is 0 Å². The molecule has 2 aromatic rings. The SMILES string of the molecule is CC(=O)N1CCC(NC2CCOCC2)=C(C(=N)N2CCCc3cc(-c4ccc(N(C)C)nc4)c(C(F)F)cc32)C1. The molecule has 1 aromatic heterocycles. The number of halogens is 2. The first kappa shape index (κ1) is 28.0. The summed E-state index contributed by atoms with van der Waals surface area (Å²) in [6.45, 7) is 4.42. The molecule has 5 rings (SSSR count). The van der Waals surface area contributed by atoms with Gasteiger partial charge in [0.05, 0.1) is 6.54 Å². The minimum atomic E-state index is -2.68. The van der Waals surface area contributed by atoms with E-state index in [0.29, 0.717) is 56.1 Å². The van der Waals surface area contributed by atoms with Crippen LogP contribution in [0.1, 0.15) is 50.2 Å². The van der Waals surface area contributed by atoms with Crippen LogP contribution in [0, 0.1) is 5.41 Å². The zero-order valence-corrected chi connectivity index (χ0v) is 23.5. The second kappa shape index (κ2) is 11.9. The molecular weight excluding hydrogens is 514 g/mol. The number of hydrogen-bond acceptors (Lipinski definition) is 6. The number of carbonyl (C=O) groups excluding carboxylic acids is 1. The molecule has 2 N–H and O–H groups in total.